The highest BCUT2D eigenvalue weighted by molar-refractivity contribution is 9.10. The summed E-state index contributed by atoms with van der Waals surface area (Å²) in [4.78, 5) is 0.244. The zero-order valence-corrected chi connectivity index (χ0v) is 14.0. The number of benzene rings is 2. The van der Waals surface area contributed by atoms with Crippen LogP contribution in [0.2, 0.25) is 0 Å². The fraction of sp³-hybridized carbons (Fsp3) is 0.250. The molecule has 18 heavy (non-hydrogen) atoms. The first kappa shape index (κ1) is 13.8. The van der Waals surface area contributed by atoms with Gasteiger partial charge in [0, 0.05) is 4.47 Å². The minimum absolute atomic E-state index is 0.244. The molecule has 2 aromatic rings. The highest BCUT2D eigenvalue weighted by Crippen LogP contribution is 2.35. The Kier molecular flexibility index (Phi) is 4.29. The van der Waals surface area contributed by atoms with Gasteiger partial charge in [-0.2, -0.15) is 0 Å². The molecule has 0 nitrogen and oxygen atoms in total. The first-order chi connectivity index (χ1) is 8.47. The molecular weight excluding hydrogens is 352 g/mol. The molecule has 0 aromatic heterocycles. The second kappa shape index (κ2) is 5.58. The topological polar surface area (TPSA) is 0 Å². The van der Waals surface area contributed by atoms with Gasteiger partial charge in [-0.25, -0.2) is 0 Å². The Bertz CT molecular complexity index is 553. The van der Waals surface area contributed by atoms with Crippen molar-refractivity contribution >= 4 is 31.9 Å². The van der Waals surface area contributed by atoms with E-state index in [1.165, 1.54) is 27.8 Å². The van der Waals surface area contributed by atoms with E-state index in [1.54, 1.807) is 0 Å². The molecule has 0 saturated heterocycles. The largest absolute Gasteiger partial charge is 0.0786 e. The fourth-order valence-electron chi connectivity index (χ4n) is 2.12. The second-order valence-electron chi connectivity index (χ2n) is 4.78. The molecule has 0 saturated carbocycles. The average Bonchev–Trinajstić information content (AvgIpc) is 2.30. The van der Waals surface area contributed by atoms with Crippen LogP contribution in [0.3, 0.4) is 0 Å². The normalized spacial score (nSPS) is 12.5. The lowest BCUT2D eigenvalue weighted by atomic mass is 9.98. The van der Waals surface area contributed by atoms with Gasteiger partial charge in [-0.1, -0.05) is 61.7 Å². The third kappa shape index (κ3) is 3.04. The third-order valence-electron chi connectivity index (χ3n) is 3.06. The van der Waals surface area contributed by atoms with E-state index >= 15 is 0 Å². The average molecular weight is 368 g/mol. The highest BCUT2D eigenvalue weighted by atomic mass is 79.9. The number of aryl methyl sites for hydroxylation is 3. The van der Waals surface area contributed by atoms with Gasteiger partial charge in [0.1, 0.15) is 0 Å². The molecule has 2 rings (SSSR count). The van der Waals surface area contributed by atoms with Gasteiger partial charge in [-0.15, -0.1) is 0 Å². The summed E-state index contributed by atoms with van der Waals surface area (Å²) in [7, 11) is 0. The van der Waals surface area contributed by atoms with Gasteiger partial charge >= 0.3 is 0 Å². The van der Waals surface area contributed by atoms with Crippen LogP contribution in [0.5, 0.6) is 0 Å². The lowest BCUT2D eigenvalue weighted by Gasteiger charge is -2.15. The van der Waals surface area contributed by atoms with Crippen LogP contribution in [0.1, 0.15) is 32.6 Å². The molecule has 94 valence electrons. The van der Waals surface area contributed by atoms with Crippen molar-refractivity contribution in [2.75, 3.05) is 0 Å². The second-order valence-corrected chi connectivity index (χ2v) is 6.62. The summed E-state index contributed by atoms with van der Waals surface area (Å²) >= 11 is 7.39. The zero-order chi connectivity index (χ0) is 13.3. The molecule has 2 aromatic carbocycles. The molecule has 0 aliphatic rings. The first-order valence-corrected chi connectivity index (χ1v) is 7.66. The molecule has 2 heteroatoms. The Morgan fingerprint density at radius 2 is 1.61 bits per heavy atom. The minimum Gasteiger partial charge on any atom is -0.0786 e. The summed E-state index contributed by atoms with van der Waals surface area (Å²) < 4.78 is 1.13. The van der Waals surface area contributed by atoms with Gasteiger partial charge in [0.2, 0.25) is 0 Å². The van der Waals surface area contributed by atoms with Crippen LogP contribution in [0.25, 0.3) is 0 Å². The molecule has 0 heterocycles. The smallest absolute Gasteiger partial charge is 0.0647 e. The van der Waals surface area contributed by atoms with Crippen molar-refractivity contribution in [3.63, 3.8) is 0 Å². The summed E-state index contributed by atoms with van der Waals surface area (Å²) in [5.41, 5.74) is 6.52. The molecule has 0 amide bonds. The van der Waals surface area contributed by atoms with Gasteiger partial charge in [0.05, 0.1) is 4.83 Å². The van der Waals surface area contributed by atoms with Crippen molar-refractivity contribution in [2.24, 2.45) is 0 Å². The molecule has 1 unspecified atom stereocenters. The van der Waals surface area contributed by atoms with E-state index in [1.807, 2.05) is 0 Å². The molecule has 1 atom stereocenters. The summed E-state index contributed by atoms with van der Waals surface area (Å²) in [6, 6.07) is 13.1. The van der Waals surface area contributed by atoms with Crippen LogP contribution in [-0.2, 0) is 0 Å². The van der Waals surface area contributed by atoms with E-state index in [0.717, 1.165) is 4.47 Å². The van der Waals surface area contributed by atoms with Crippen molar-refractivity contribution in [3.8, 4) is 0 Å². The monoisotopic (exact) mass is 366 g/mol. The summed E-state index contributed by atoms with van der Waals surface area (Å²) in [5, 5.41) is 0. The number of rotatable bonds is 2. The van der Waals surface area contributed by atoms with Crippen LogP contribution >= 0.6 is 31.9 Å². The van der Waals surface area contributed by atoms with Crippen molar-refractivity contribution in [1.29, 1.82) is 0 Å². The number of hydrogen-bond donors (Lipinski definition) is 0. The fourth-order valence-corrected chi connectivity index (χ4v) is 3.51. The van der Waals surface area contributed by atoms with Crippen LogP contribution in [0.4, 0.5) is 0 Å². The summed E-state index contributed by atoms with van der Waals surface area (Å²) in [6.45, 7) is 6.42. The number of alkyl halides is 1. The van der Waals surface area contributed by atoms with Gasteiger partial charge < -0.3 is 0 Å². The van der Waals surface area contributed by atoms with E-state index in [4.69, 9.17) is 0 Å². The van der Waals surface area contributed by atoms with E-state index in [0.29, 0.717) is 0 Å². The van der Waals surface area contributed by atoms with Crippen molar-refractivity contribution < 1.29 is 0 Å². The third-order valence-corrected chi connectivity index (χ3v) is 4.54. The Morgan fingerprint density at radius 3 is 2.28 bits per heavy atom. The SMILES string of the molecule is Cc1cc(Br)cc(C(Br)c2cc(C)ccc2C)c1. The lowest BCUT2D eigenvalue weighted by Crippen LogP contribution is -1.97. The van der Waals surface area contributed by atoms with Crippen molar-refractivity contribution in [3.05, 3.63) is 68.7 Å². The zero-order valence-electron chi connectivity index (χ0n) is 10.8. The molecule has 0 spiro atoms. The number of halogens is 2. The van der Waals surface area contributed by atoms with Gasteiger partial charge in [-0.05, 0) is 55.2 Å². The van der Waals surface area contributed by atoms with E-state index in [2.05, 4.69) is 89.0 Å². The maximum atomic E-state index is 3.83. The predicted molar refractivity (Wildman–Crippen MR) is 85.6 cm³/mol. The minimum atomic E-state index is 0.244. The highest BCUT2D eigenvalue weighted by Gasteiger charge is 2.13. The van der Waals surface area contributed by atoms with E-state index in [-0.39, 0.29) is 4.83 Å². The Balaban J connectivity index is 2.47. The Morgan fingerprint density at radius 1 is 0.889 bits per heavy atom. The summed E-state index contributed by atoms with van der Waals surface area (Å²) in [6.07, 6.45) is 0. The van der Waals surface area contributed by atoms with Crippen LogP contribution in [0, 0.1) is 20.8 Å². The van der Waals surface area contributed by atoms with E-state index in [9.17, 15) is 0 Å². The van der Waals surface area contributed by atoms with Crippen LogP contribution in [-0.4, -0.2) is 0 Å². The standard InChI is InChI=1S/C16H16Br2/c1-10-4-5-12(3)15(8-10)16(18)13-6-11(2)7-14(17)9-13/h4-9,16H,1-3H3. The maximum absolute atomic E-state index is 3.83. The lowest BCUT2D eigenvalue weighted by molar-refractivity contribution is 1.12. The van der Waals surface area contributed by atoms with Gasteiger partial charge in [0.15, 0.2) is 0 Å². The van der Waals surface area contributed by atoms with Gasteiger partial charge in [0.25, 0.3) is 0 Å². The number of hydrogen-bond acceptors (Lipinski definition) is 0. The van der Waals surface area contributed by atoms with Crippen molar-refractivity contribution in [1.82, 2.24) is 0 Å². The van der Waals surface area contributed by atoms with Crippen molar-refractivity contribution in [2.45, 2.75) is 25.6 Å². The Labute approximate surface area is 126 Å². The molecule has 0 fully saturated rings. The quantitative estimate of drug-likeness (QED) is 0.583. The molecule has 0 aliphatic carbocycles. The van der Waals surface area contributed by atoms with Crippen LogP contribution in [0.15, 0.2) is 40.9 Å². The summed E-state index contributed by atoms with van der Waals surface area (Å²) in [5.74, 6) is 0. The molecule has 0 radical (unpaired) electrons. The Hall–Kier alpha value is -0.600. The molecule has 0 bridgehead atoms. The molecule has 0 N–H and O–H groups in total. The maximum Gasteiger partial charge on any atom is 0.0647 e. The van der Waals surface area contributed by atoms with Gasteiger partial charge in [-0.3, -0.25) is 0 Å². The van der Waals surface area contributed by atoms with Crippen LogP contribution < -0.4 is 0 Å². The first-order valence-electron chi connectivity index (χ1n) is 5.95. The predicted octanol–water partition coefficient (Wildman–Crippen LogP) is 5.86. The van der Waals surface area contributed by atoms with E-state index < -0.39 is 0 Å². The molecular formula is C16H16Br2. The molecule has 0 aliphatic heterocycles.